The fraction of sp³-hybridized carbons (Fsp3) is 0.500. The van der Waals surface area contributed by atoms with Gasteiger partial charge in [-0.2, -0.15) is 0 Å². The number of unbranched alkanes of at least 4 members (excludes halogenated alkanes) is 2. The molecular weight excluding hydrogens is 235 g/mol. The van der Waals surface area contributed by atoms with E-state index in [0.717, 1.165) is 24.8 Å². The number of aryl methyl sites for hydroxylation is 1. The van der Waals surface area contributed by atoms with Crippen molar-refractivity contribution in [2.24, 2.45) is 0 Å². The number of aliphatic carboxylic acids is 1. The van der Waals surface area contributed by atoms with E-state index in [1.807, 2.05) is 6.92 Å². The molecule has 1 rings (SSSR count). The predicted molar refractivity (Wildman–Crippen MR) is 67.4 cm³/mol. The summed E-state index contributed by atoms with van der Waals surface area (Å²) in [6, 6.07) is 4.88. The van der Waals surface area contributed by atoms with Crippen LogP contribution in [0.25, 0.3) is 0 Å². The molecule has 0 radical (unpaired) electrons. The van der Waals surface area contributed by atoms with Gasteiger partial charge in [0.05, 0.1) is 6.61 Å². The van der Waals surface area contributed by atoms with Crippen LogP contribution < -0.4 is 4.74 Å². The SMILES string of the molecule is CCc1ccc(F)c(OCCCCCC(=O)O)c1. The number of rotatable bonds is 8. The number of carbonyl (C=O) groups is 1. The Hall–Kier alpha value is -1.58. The fourth-order valence-electron chi connectivity index (χ4n) is 1.62. The van der Waals surface area contributed by atoms with Crippen LogP contribution in [0, 0.1) is 5.82 Å². The van der Waals surface area contributed by atoms with Crippen molar-refractivity contribution in [2.75, 3.05) is 6.61 Å². The average Bonchev–Trinajstić information content (AvgIpc) is 2.35. The van der Waals surface area contributed by atoms with Crippen molar-refractivity contribution in [3.8, 4) is 5.75 Å². The maximum Gasteiger partial charge on any atom is 0.303 e. The van der Waals surface area contributed by atoms with Crippen LogP contribution in [0.2, 0.25) is 0 Å². The summed E-state index contributed by atoms with van der Waals surface area (Å²) >= 11 is 0. The predicted octanol–water partition coefficient (Wildman–Crippen LogP) is 3.41. The van der Waals surface area contributed by atoms with E-state index in [2.05, 4.69) is 0 Å². The molecule has 0 amide bonds. The number of hydrogen-bond donors (Lipinski definition) is 1. The number of carboxylic acids is 1. The van der Waals surface area contributed by atoms with E-state index in [0.29, 0.717) is 13.0 Å². The lowest BCUT2D eigenvalue weighted by atomic mass is 10.1. The Morgan fingerprint density at radius 1 is 1.33 bits per heavy atom. The summed E-state index contributed by atoms with van der Waals surface area (Å²) in [5, 5.41) is 8.46. The summed E-state index contributed by atoms with van der Waals surface area (Å²) in [4.78, 5) is 10.3. The number of benzene rings is 1. The van der Waals surface area contributed by atoms with E-state index in [1.165, 1.54) is 6.07 Å². The molecule has 4 heteroatoms. The molecule has 0 unspecified atom stereocenters. The number of carboxylic acid groups (broad SMARTS) is 1. The molecule has 0 spiro atoms. The van der Waals surface area contributed by atoms with Crippen LogP contribution in [0.1, 0.15) is 38.2 Å². The highest BCUT2D eigenvalue weighted by Gasteiger charge is 2.04. The summed E-state index contributed by atoms with van der Waals surface area (Å²) in [7, 11) is 0. The van der Waals surface area contributed by atoms with Gasteiger partial charge in [0.1, 0.15) is 0 Å². The maximum atomic E-state index is 13.4. The highest BCUT2D eigenvalue weighted by molar-refractivity contribution is 5.66. The molecule has 0 saturated heterocycles. The molecule has 1 aromatic carbocycles. The van der Waals surface area contributed by atoms with Crippen LogP contribution in [0.5, 0.6) is 5.75 Å². The van der Waals surface area contributed by atoms with Gasteiger partial charge in [-0.1, -0.05) is 13.0 Å². The Morgan fingerprint density at radius 2 is 2.11 bits per heavy atom. The molecule has 100 valence electrons. The van der Waals surface area contributed by atoms with Crippen LogP contribution in [-0.2, 0) is 11.2 Å². The van der Waals surface area contributed by atoms with E-state index in [1.54, 1.807) is 12.1 Å². The van der Waals surface area contributed by atoms with Crippen LogP contribution in [-0.4, -0.2) is 17.7 Å². The third-order valence-corrected chi connectivity index (χ3v) is 2.70. The standard InChI is InChI=1S/C14H19FO3/c1-2-11-7-8-12(15)13(10-11)18-9-5-3-4-6-14(16)17/h7-8,10H,2-6,9H2,1H3,(H,16,17). The minimum Gasteiger partial charge on any atom is -0.491 e. The Kier molecular flexibility index (Phi) is 6.19. The fourth-order valence-corrected chi connectivity index (χ4v) is 1.62. The first-order chi connectivity index (χ1) is 8.63. The molecule has 1 aromatic rings. The van der Waals surface area contributed by atoms with Gasteiger partial charge in [-0.05, 0) is 43.4 Å². The molecule has 3 nitrogen and oxygen atoms in total. The summed E-state index contributed by atoms with van der Waals surface area (Å²) in [5.74, 6) is -0.845. The molecule has 18 heavy (non-hydrogen) atoms. The van der Waals surface area contributed by atoms with Gasteiger partial charge in [0, 0.05) is 6.42 Å². The molecule has 0 aromatic heterocycles. The summed E-state index contributed by atoms with van der Waals surface area (Å²) in [6.45, 7) is 2.42. The van der Waals surface area contributed by atoms with Gasteiger partial charge in [-0.3, -0.25) is 4.79 Å². The van der Waals surface area contributed by atoms with Crippen molar-refractivity contribution in [3.63, 3.8) is 0 Å². The average molecular weight is 254 g/mol. The van der Waals surface area contributed by atoms with Gasteiger partial charge < -0.3 is 9.84 Å². The molecule has 0 bridgehead atoms. The highest BCUT2D eigenvalue weighted by atomic mass is 19.1. The van der Waals surface area contributed by atoms with Crippen molar-refractivity contribution >= 4 is 5.97 Å². The Balaban J connectivity index is 2.28. The Labute approximate surface area is 107 Å². The van der Waals surface area contributed by atoms with Gasteiger partial charge in [0.25, 0.3) is 0 Å². The molecule has 0 fully saturated rings. The summed E-state index contributed by atoms with van der Waals surface area (Å²) < 4.78 is 18.7. The molecule has 0 heterocycles. The molecule has 1 N–H and O–H groups in total. The largest absolute Gasteiger partial charge is 0.491 e. The second kappa shape index (κ2) is 7.69. The van der Waals surface area contributed by atoms with Crippen LogP contribution in [0.4, 0.5) is 4.39 Å². The molecule has 0 aliphatic carbocycles. The Bertz CT molecular complexity index is 391. The van der Waals surface area contributed by atoms with E-state index >= 15 is 0 Å². The molecule has 0 aliphatic heterocycles. The van der Waals surface area contributed by atoms with Crippen molar-refractivity contribution < 1.29 is 19.0 Å². The van der Waals surface area contributed by atoms with E-state index in [9.17, 15) is 9.18 Å². The molecular formula is C14H19FO3. The number of ether oxygens (including phenoxy) is 1. The first-order valence-corrected chi connectivity index (χ1v) is 6.26. The lowest BCUT2D eigenvalue weighted by Crippen LogP contribution is -2.01. The zero-order valence-electron chi connectivity index (χ0n) is 10.6. The molecule has 0 atom stereocenters. The minimum absolute atomic E-state index is 0.180. The van der Waals surface area contributed by atoms with Crippen molar-refractivity contribution in [1.29, 1.82) is 0 Å². The lowest BCUT2D eigenvalue weighted by molar-refractivity contribution is -0.137. The van der Waals surface area contributed by atoms with Gasteiger partial charge in [0.15, 0.2) is 11.6 Å². The zero-order valence-corrected chi connectivity index (χ0v) is 10.6. The quantitative estimate of drug-likeness (QED) is 0.723. The van der Waals surface area contributed by atoms with Crippen molar-refractivity contribution in [3.05, 3.63) is 29.6 Å². The Morgan fingerprint density at radius 3 is 2.78 bits per heavy atom. The van der Waals surface area contributed by atoms with Gasteiger partial charge >= 0.3 is 5.97 Å². The van der Waals surface area contributed by atoms with Gasteiger partial charge in [0.2, 0.25) is 0 Å². The second-order valence-corrected chi connectivity index (χ2v) is 4.17. The second-order valence-electron chi connectivity index (χ2n) is 4.17. The van der Waals surface area contributed by atoms with Gasteiger partial charge in [-0.25, -0.2) is 4.39 Å². The van der Waals surface area contributed by atoms with Gasteiger partial charge in [-0.15, -0.1) is 0 Å². The van der Waals surface area contributed by atoms with Crippen LogP contribution >= 0.6 is 0 Å². The van der Waals surface area contributed by atoms with E-state index < -0.39 is 5.97 Å². The highest BCUT2D eigenvalue weighted by Crippen LogP contribution is 2.19. The lowest BCUT2D eigenvalue weighted by Gasteiger charge is -2.08. The zero-order chi connectivity index (χ0) is 13.4. The summed E-state index contributed by atoms with van der Waals surface area (Å²) in [6.07, 6.45) is 3.18. The van der Waals surface area contributed by atoms with Crippen molar-refractivity contribution in [2.45, 2.75) is 39.0 Å². The third-order valence-electron chi connectivity index (χ3n) is 2.70. The molecule has 0 aliphatic rings. The van der Waals surface area contributed by atoms with Crippen molar-refractivity contribution in [1.82, 2.24) is 0 Å². The first-order valence-electron chi connectivity index (χ1n) is 6.26. The number of halogens is 1. The minimum atomic E-state index is -0.780. The topological polar surface area (TPSA) is 46.5 Å². The number of hydrogen-bond acceptors (Lipinski definition) is 2. The first kappa shape index (κ1) is 14.5. The van der Waals surface area contributed by atoms with Crippen LogP contribution in [0.3, 0.4) is 0 Å². The van der Waals surface area contributed by atoms with E-state index in [4.69, 9.17) is 9.84 Å². The third kappa shape index (κ3) is 5.17. The van der Waals surface area contributed by atoms with Crippen LogP contribution in [0.15, 0.2) is 18.2 Å². The normalized spacial score (nSPS) is 10.3. The monoisotopic (exact) mass is 254 g/mol. The van der Waals surface area contributed by atoms with E-state index in [-0.39, 0.29) is 18.0 Å². The molecule has 0 saturated carbocycles. The smallest absolute Gasteiger partial charge is 0.303 e. The maximum absolute atomic E-state index is 13.4. The summed E-state index contributed by atoms with van der Waals surface area (Å²) in [5.41, 5.74) is 1.04.